The molecule has 7 heteroatoms. The van der Waals surface area contributed by atoms with Gasteiger partial charge in [0.1, 0.15) is 6.61 Å². The Morgan fingerprint density at radius 2 is 1.76 bits per heavy atom. The molecule has 1 N–H and O–H groups in total. The van der Waals surface area contributed by atoms with E-state index in [0.717, 1.165) is 5.32 Å². The molecule has 0 aromatic heterocycles. The van der Waals surface area contributed by atoms with E-state index in [1.165, 1.54) is 0 Å². The zero-order valence-corrected chi connectivity index (χ0v) is 8.45. The second-order valence-electron chi connectivity index (χ2n) is 3.01. The first-order valence-corrected chi connectivity index (χ1v) is 4.48. The van der Waals surface area contributed by atoms with E-state index in [1.807, 2.05) is 0 Å². The maximum Gasteiger partial charge on any atom is 0.471 e. The number of ether oxygens (including phenoxy) is 1. The largest absolute Gasteiger partial charge is 0.471 e. The summed E-state index contributed by atoms with van der Waals surface area (Å²) in [7, 11) is 0. The molecule has 4 nitrogen and oxygen atoms in total. The molecule has 0 aliphatic rings. The smallest absolute Gasteiger partial charge is 0.444 e. The van der Waals surface area contributed by atoms with Crippen molar-refractivity contribution in [3.05, 3.63) is 35.9 Å². The van der Waals surface area contributed by atoms with Crippen LogP contribution in [0.4, 0.5) is 18.0 Å². The average molecular weight is 247 g/mol. The number of alkyl carbamates (subject to hydrolysis) is 1. The van der Waals surface area contributed by atoms with Gasteiger partial charge in [-0.3, -0.25) is 10.1 Å². The lowest BCUT2D eigenvalue weighted by atomic mass is 10.2. The van der Waals surface area contributed by atoms with Crippen molar-refractivity contribution in [2.24, 2.45) is 0 Å². The van der Waals surface area contributed by atoms with E-state index >= 15 is 0 Å². The minimum Gasteiger partial charge on any atom is -0.444 e. The van der Waals surface area contributed by atoms with Crippen LogP contribution in [0.25, 0.3) is 0 Å². The van der Waals surface area contributed by atoms with Gasteiger partial charge in [-0.05, 0) is 5.56 Å². The number of rotatable bonds is 2. The molecule has 1 aromatic carbocycles. The number of carbonyl (C=O) groups is 2. The van der Waals surface area contributed by atoms with Crippen molar-refractivity contribution in [1.29, 1.82) is 0 Å². The fraction of sp³-hybridized carbons (Fsp3) is 0.200. The maximum atomic E-state index is 11.8. The first-order chi connectivity index (χ1) is 7.89. The van der Waals surface area contributed by atoms with Gasteiger partial charge in [0.05, 0.1) is 0 Å². The van der Waals surface area contributed by atoms with Crippen molar-refractivity contribution in [2.45, 2.75) is 12.8 Å². The van der Waals surface area contributed by atoms with E-state index in [4.69, 9.17) is 0 Å². The first kappa shape index (κ1) is 13.0. The Hall–Kier alpha value is -2.05. The normalized spacial score (nSPS) is 10.8. The van der Waals surface area contributed by atoms with Crippen molar-refractivity contribution in [3.63, 3.8) is 0 Å². The quantitative estimate of drug-likeness (QED) is 0.869. The lowest BCUT2D eigenvalue weighted by molar-refractivity contribution is -0.172. The van der Waals surface area contributed by atoms with E-state index < -0.39 is 18.2 Å². The number of alkyl halides is 3. The second-order valence-corrected chi connectivity index (χ2v) is 3.01. The number of benzene rings is 1. The van der Waals surface area contributed by atoms with Crippen molar-refractivity contribution in [3.8, 4) is 0 Å². The summed E-state index contributed by atoms with van der Waals surface area (Å²) in [6.07, 6.45) is -6.54. The van der Waals surface area contributed by atoms with E-state index in [0.29, 0.717) is 5.56 Å². The van der Waals surface area contributed by atoms with Crippen LogP contribution in [-0.2, 0) is 16.1 Å². The van der Waals surface area contributed by atoms with Crippen LogP contribution in [0.3, 0.4) is 0 Å². The first-order valence-electron chi connectivity index (χ1n) is 4.48. The molecule has 0 unspecified atom stereocenters. The van der Waals surface area contributed by atoms with E-state index in [2.05, 4.69) is 4.74 Å². The monoisotopic (exact) mass is 247 g/mol. The number of amides is 2. The minimum absolute atomic E-state index is 0.211. The zero-order chi connectivity index (χ0) is 12.9. The molecule has 0 aliphatic heterocycles. The Morgan fingerprint density at radius 3 is 2.29 bits per heavy atom. The summed E-state index contributed by atoms with van der Waals surface area (Å²) in [5.41, 5.74) is 0.599. The van der Waals surface area contributed by atoms with E-state index in [1.54, 1.807) is 30.3 Å². The molecule has 0 aliphatic carbocycles. The Bertz CT molecular complexity index is 403. The van der Waals surface area contributed by atoms with Crippen LogP contribution < -0.4 is 5.32 Å². The highest BCUT2D eigenvalue weighted by Gasteiger charge is 2.40. The SMILES string of the molecule is O=C(NC(=O)C(F)(F)F)OCc1ccccc1. The third kappa shape index (κ3) is 4.54. The van der Waals surface area contributed by atoms with Crippen LogP contribution >= 0.6 is 0 Å². The molecule has 0 saturated heterocycles. The predicted molar refractivity (Wildman–Crippen MR) is 50.8 cm³/mol. The highest BCUT2D eigenvalue weighted by atomic mass is 19.4. The van der Waals surface area contributed by atoms with E-state index in [9.17, 15) is 22.8 Å². The Morgan fingerprint density at radius 1 is 1.18 bits per heavy atom. The van der Waals surface area contributed by atoms with Gasteiger partial charge in [-0.2, -0.15) is 13.2 Å². The number of hydrogen-bond donors (Lipinski definition) is 1. The van der Waals surface area contributed by atoms with Gasteiger partial charge in [0.25, 0.3) is 0 Å². The fourth-order valence-electron chi connectivity index (χ4n) is 0.923. The molecule has 2 amide bonds. The minimum atomic E-state index is -5.11. The number of hydrogen-bond acceptors (Lipinski definition) is 3. The van der Waals surface area contributed by atoms with Gasteiger partial charge in [0, 0.05) is 0 Å². The highest BCUT2D eigenvalue weighted by Crippen LogP contribution is 2.14. The molecule has 1 aromatic rings. The molecule has 0 saturated carbocycles. The Labute approximate surface area is 94.4 Å². The van der Waals surface area contributed by atoms with Crippen LogP contribution in [0, 0.1) is 0 Å². The summed E-state index contributed by atoms with van der Waals surface area (Å²) >= 11 is 0. The average Bonchev–Trinajstić information content (AvgIpc) is 2.26. The summed E-state index contributed by atoms with van der Waals surface area (Å²) in [6.45, 7) is -0.211. The maximum absolute atomic E-state index is 11.8. The number of imide groups is 1. The van der Waals surface area contributed by atoms with E-state index in [-0.39, 0.29) is 6.61 Å². The summed E-state index contributed by atoms with van der Waals surface area (Å²) < 4.78 is 39.7. The number of carbonyl (C=O) groups excluding carboxylic acids is 2. The van der Waals surface area contributed by atoms with Gasteiger partial charge in [-0.25, -0.2) is 4.79 Å². The molecule has 0 atom stereocenters. The van der Waals surface area contributed by atoms with Crippen LogP contribution in [0.15, 0.2) is 30.3 Å². The molecule has 17 heavy (non-hydrogen) atoms. The number of nitrogens with one attached hydrogen (secondary N) is 1. The molecule has 0 heterocycles. The standard InChI is InChI=1S/C10H8F3NO3/c11-10(12,13)8(15)14-9(16)17-6-7-4-2-1-3-5-7/h1-5H,6H2,(H,14,15,16). The third-order valence-corrected chi connectivity index (χ3v) is 1.69. The van der Waals surface area contributed by atoms with Gasteiger partial charge >= 0.3 is 18.2 Å². The molecule has 92 valence electrons. The number of halogens is 3. The van der Waals surface area contributed by atoms with Gasteiger partial charge in [-0.1, -0.05) is 30.3 Å². The van der Waals surface area contributed by atoms with Crippen LogP contribution in [-0.4, -0.2) is 18.2 Å². The second kappa shape index (κ2) is 5.33. The van der Waals surface area contributed by atoms with Crippen molar-refractivity contribution in [1.82, 2.24) is 5.32 Å². The highest BCUT2D eigenvalue weighted by molar-refractivity contribution is 5.94. The summed E-state index contributed by atoms with van der Waals surface area (Å²) in [4.78, 5) is 21.2. The van der Waals surface area contributed by atoms with Crippen molar-refractivity contribution in [2.75, 3.05) is 0 Å². The van der Waals surface area contributed by atoms with Gasteiger partial charge in [-0.15, -0.1) is 0 Å². The third-order valence-electron chi connectivity index (χ3n) is 1.69. The molecule has 1 rings (SSSR count). The lowest BCUT2D eigenvalue weighted by Crippen LogP contribution is -2.40. The molecule has 0 spiro atoms. The molecular weight excluding hydrogens is 239 g/mol. The van der Waals surface area contributed by atoms with Crippen molar-refractivity contribution < 1.29 is 27.5 Å². The molecular formula is C10H8F3NO3. The fourth-order valence-corrected chi connectivity index (χ4v) is 0.923. The van der Waals surface area contributed by atoms with Gasteiger partial charge < -0.3 is 4.74 Å². The Balaban J connectivity index is 2.39. The lowest BCUT2D eigenvalue weighted by Gasteiger charge is -2.07. The van der Waals surface area contributed by atoms with Crippen LogP contribution in [0.1, 0.15) is 5.56 Å². The molecule has 0 radical (unpaired) electrons. The molecule has 0 bridgehead atoms. The zero-order valence-electron chi connectivity index (χ0n) is 8.45. The van der Waals surface area contributed by atoms with Crippen molar-refractivity contribution >= 4 is 12.0 Å². The van der Waals surface area contributed by atoms with Crippen LogP contribution in [0.5, 0.6) is 0 Å². The summed E-state index contributed by atoms with van der Waals surface area (Å²) in [6, 6.07) is 8.34. The summed E-state index contributed by atoms with van der Waals surface area (Å²) in [5.74, 6) is -2.35. The topological polar surface area (TPSA) is 55.4 Å². The van der Waals surface area contributed by atoms with Crippen LogP contribution in [0.2, 0.25) is 0 Å². The predicted octanol–water partition coefficient (Wildman–Crippen LogP) is 2.00. The molecule has 0 fully saturated rings. The Kier molecular flexibility index (Phi) is 4.08. The summed E-state index contributed by atoms with van der Waals surface area (Å²) in [5, 5.41) is 1.07. The van der Waals surface area contributed by atoms with Gasteiger partial charge in [0.2, 0.25) is 0 Å². The van der Waals surface area contributed by atoms with Gasteiger partial charge in [0.15, 0.2) is 0 Å².